The predicted octanol–water partition coefficient (Wildman–Crippen LogP) is 1.35. The van der Waals surface area contributed by atoms with Crippen LogP contribution in [0, 0.1) is 29.6 Å². The van der Waals surface area contributed by atoms with E-state index in [1.165, 1.54) is 0 Å². The maximum Gasteiger partial charge on any atom is 0.475 e. The Morgan fingerprint density at radius 2 is 1.85 bits per heavy atom. The number of fused-ring (bicyclic) bond motifs is 1. The molecular weight excluding hydrogens is 439 g/mol. The lowest BCUT2D eigenvalue weighted by atomic mass is 9.56. The summed E-state index contributed by atoms with van der Waals surface area (Å²) in [6.45, 7) is 10.1. The molecule has 4 N–H and O–H groups in total. The third-order valence-electron chi connectivity index (χ3n) is 8.59. The van der Waals surface area contributed by atoms with E-state index >= 15 is 0 Å². The van der Waals surface area contributed by atoms with Crippen LogP contribution >= 0.6 is 0 Å². The van der Waals surface area contributed by atoms with Crippen LogP contribution in [0.1, 0.15) is 73.1 Å². The van der Waals surface area contributed by atoms with E-state index in [4.69, 9.17) is 14.2 Å². The molecule has 0 aromatic heterocycles. The molecule has 1 aliphatic carbocycles. The summed E-state index contributed by atoms with van der Waals surface area (Å²) < 4.78 is 19.4. The molecule has 0 radical (unpaired) electrons. The zero-order valence-electron chi connectivity index (χ0n) is 21.1. The van der Waals surface area contributed by atoms with Gasteiger partial charge < -0.3 is 34.9 Å². The van der Waals surface area contributed by atoms with Gasteiger partial charge in [0.05, 0.1) is 25.0 Å². The molecule has 192 valence electrons. The largest absolute Gasteiger partial charge is 0.475 e. The van der Waals surface area contributed by atoms with Gasteiger partial charge in [0.25, 0.3) is 0 Å². The molecule has 2 amide bonds. The van der Waals surface area contributed by atoms with Crippen molar-refractivity contribution < 1.29 is 33.8 Å². The molecule has 0 aromatic carbocycles. The Morgan fingerprint density at radius 1 is 1.12 bits per heavy atom. The minimum Gasteiger partial charge on any atom is -0.426 e. The Kier molecular flexibility index (Phi) is 7.38. The Bertz CT molecular complexity index is 782. The second-order valence-corrected chi connectivity index (χ2v) is 11.6. The molecule has 1 unspecified atom stereocenters. The van der Waals surface area contributed by atoms with E-state index in [1.807, 2.05) is 20.8 Å². The molecule has 3 heterocycles. The summed E-state index contributed by atoms with van der Waals surface area (Å²) in [4.78, 5) is 25.0. The first-order valence-corrected chi connectivity index (χ1v) is 12.9. The number of carbonyl (C=O) groups is 2. The quantitative estimate of drug-likeness (QED) is 0.387. The van der Waals surface area contributed by atoms with Crippen molar-refractivity contribution in [3.8, 4) is 0 Å². The summed E-state index contributed by atoms with van der Waals surface area (Å²) in [7, 11) is -1.65. The third-order valence-corrected chi connectivity index (χ3v) is 8.59. The van der Waals surface area contributed by atoms with Crippen molar-refractivity contribution in [3.05, 3.63) is 0 Å². The second kappa shape index (κ2) is 9.69. The molecule has 34 heavy (non-hydrogen) atoms. The van der Waals surface area contributed by atoms with Crippen molar-refractivity contribution in [2.75, 3.05) is 6.54 Å². The zero-order chi connectivity index (χ0) is 24.8. The maximum absolute atomic E-state index is 12.7. The van der Waals surface area contributed by atoms with E-state index in [1.54, 1.807) is 0 Å². The third kappa shape index (κ3) is 4.76. The van der Waals surface area contributed by atoms with Crippen LogP contribution in [-0.2, 0) is 23.8 Å². The molecule has 10 heteroatoms. The average Bonchev–Trinajstić information content (AvgIpc) is 2.96. The molecule has 3 aliphatic heterocycles. The molecule has 4 fully saturated rings. The van der Waals surface area contributed by atoms with E-state index in [0.29, 0.717) is 18.3 Å². The lowest BCUT2D eigenvalue weighted by Crippen LogP contribution is -2.66. The van der Waals surface area contributed by atoms with Gasteiger partial charge in [0, 0.05) is 6.42 Å². The fraction of sp³-hybridized carbons (Fsp3) is 0.917. The molecule has 9 nitrogen and oxygen atoms in total. The normalized spacial score (nSPS) is 41.5. The summed E-state index contributed by atoms with van der Waals surface area (Å²) >= 11 is 0. The highest BCUT2D eigenvalue weighted by atomic mass is 16.8. The number of hydrogen-bond acceptors (Lipinski definition) is 7. The average molecular weight is 480 g/mol. The lowest BCUT2D eigenvalue weighted by Gasteiger charge is -2.58. The van der Waals surface area contributed by atoms with Crippen LogP contribution in [0.4, 0.5) is 0 Å². The predicted molar refractivity (Wildman–Crippen MR) is 125 cm³/mol. The van der Waals surface area contributed by atoms with Crippen molar-refractivity contribution in [1.82, 2.24) is 10.6 Å². The van der Waals surface area contributed by atoms with E-state index in [0.717, 1.165) is 25.7 Å². The van der Waals surface area contributed by atoms with E-state index < -0.39 is 36.6 Å². The number of rotatable bonds is 8. The van der Waals surface area contributed by atoms with Gasteiger partial charge in [-0.2, -0.15) is 0 Å². The van der Waals surface area contributed by atoms with Gasteiger partial charge in [0.2, 0.25) is 11.8 Å². The zero-order valence-corrected chi connectivity index (χ0v) is 21.1. The molecule has 9 atom stereocenters. The molecule has 0 aromatic rings. The number of amides is 2. The summed E-state index contributed by atoms with van der Waals surface area (Å²) in [5.74, 6) is -0.624. The van der Waals surface area contributed by atoms with Crippen molar-refractivity contribution >= 4 is 18.9 Å². The fourth-order valence-corrected chi connectivity index (χ4v) is 6.93. The van der Waals surface area contributed by atoms with E-state index in [2.05, 4.69) is 24.5 Å². The van der Waals surface area contributed by atoms with E-state index in [-0.39, 0.29) is 42.7 Å². The maximum atomic E-state index is 12.7. The molecule has 4 aliphatic rings. The Morgan fingerprint density at radius 3 is 2.53 bits per heavy atom. The summed E-state index contributed by atoms with van der Waals surface area (Å²) in [6, 6.07) is 0. The van der Waals surface area contributed by atoms with Crippen LogP contribution in [-0.4, -0.2) is 65.2 Å². The van der Waals surface area contributed by atoms with Gasteiger partial charge in [-0.15, -0.1) is 0 Å². The van der Waals surface area contributed by atoms with E-state index in [9.17, 15) is 19.6 Å². The summed E-state index contributed by atoms with van der Waals surface area (Å²) in [5.41, 5.74) is -0.437. The topological polar surface area (TPSA) is 126 Å². The van der Waals surface area contributed by atoms with Crippen LogP contribution < -0.4 is 10.6 Å². The minimum absolute atomic E-state index is 0.120. The Balaban J connectivity index is 1.35. The van der Waals surface area contributed by atoms with Crippen LogP contribution in [0.15, 0.2) is 0 Å². The standard InChI is InChI=1S/C24H41BN2O7/c1-13(2)10-19(25(30)31)27-21(29)12-26-20(28)11-18-15(4)17-7-6-14(3)16-8-9-23(5)33-22(32-18)24(16,17)34-23/h13-19,22,30-31H,6-12H2,1-5H3,(H,26,28)(H,27,29)/t14-,15-,16+,17+,18-,19+,22-,23?,24-/m1/s1. The monoisotopic (exact) mass is 480 g/mol. The van der Waals surface area contributed by atoms with Gasteiger partial charge in [-0.25, -0.2) is 0 Å². The van der Waals surface area contributed by atoms with Crippen LogP contribution in [0.2, 0.25) is 0 Å². The first-order valence-electron chi connectivity index (χ1n) is 12.9. The van der Waals surface area contributed by atoms with Gasteiger partial charge in [0.15, 0.2) is 12.1 Å². The van der Waals surface area contributed by atoms with Gasteiger partial charge in [0.1, 0.15) is 5.60 Å². The smallest absolute Gasteiger partial charge is 0.426 e. The highest BCUT2D eigenvalue weighted by molar-refractivity contribution is 6.43. The Hall–Kier alpha value is -1.20. The van der Waals surface area contributed by atoms with Crippen LogP contribution in [0.25, 0.3) is 0 Å². The minimum atomic E-state index is -1.65. The first-order chi connectivity index (χ1) is 15.9. The van der Waals surface area contributed by atoms with Crippen LogP contribution in [0.5, 0.6) is 0 Å². The SMILES string of the molecule is CC(C)C[C@H](NC(=O)CNC(=O)C[C@H]1O[C@@H]2OC3(C)CC[C@H]4[C@H](C)CC[C@@H]([C@H]1C)[C@@]24O3)B(O)O. The molecule has 4 rings (SSSR count). The van der Waals surface area contributed by atoms with Gasteiger partial charge >= 0.3 is 7.12 Å². The molecule has 1 saturated carbocycles. The number of carbonyl (C=O) groups excluding carboxylic acids is 2. The number of ether oxygens (including phenoxy) is 3. The van der Waals surface area contributed by atoms with Gasteiger partial charge in [-0.05, 0) is 62.2 Å². The molecular formula is C24H41BN2O7. The molecule has 3 saturated heterocycles. The number of hydrogen-bond donors (Lipinski definition) is 4. The van der Waals surface area contributed by atoms with Crippen molar-refractivity contribution in [2.24, 2.45) is 29.6 Å². The first kappa shape index (κ1) is 25.9. The fourth-order valence-electron chi connectivity index (χ4n) is 6.93. The lowest BCUT2D eigenvalue weighted by molar-refractivity contribution is -0.288. The van der Waals surface area contributed by atoms with Crippen molar-refractivity contribution in [2.45, 2.75) is 103 Å². The van der Waals surface area contributed by atoms with Gasteiger partial charge in [-0.1, -0.05) is 27.7 Å². The van der Waals surface area contributed by atoms with Gasteiger partial charge in [-0.3, -0.25) is 9.59 Å². The Labute approximate surface area is 202 Å². The summed E-state index contributed by atoms with van der Waals surface area (Å²) in [5, 5.41) is 24.2. The molecule has 1 spiro atoms. The highest BCUT2D eigenvalue weighted by Crippen LogP contribution is 2.63. The van der Waals surface area contributed by atoms with Crippen LogP contribution in [0.3, 0.4) is 0 Å². The van der Waals surface area contributed by atoms with Crippen molar-refractivity contribution in [1.29, 1.82) is 0 Å². The van der Waals surface area contributed by atoms with Crippen molar-refractivity contribution in [3.63, 3.8) is 0 Å². The summed E-state index contributed by atoms with van der Waals surface area (Å²) in [6.07, 6.45) is 3.86. The number of nitrogens with one attached hydrogen (secondary N) is 2. The highest BCUT2D eigenvalue weighted by Gasteiger charge is 2.71. The molecule has 2 bridgehead atoms. The second-order valence-electron chi connectivity index (χ2n) is 11.6.